The average Bonchev–Trinajstić information content (AvgIpc) is 2.78. The molecule has 0 aromatic heterocycles. The van der Waals surface area contributed by atoms with E-state index in [0.29, 0.717) is 6.54 Å². The molecule has 0 radical (unpaired) electrons. The van der Waals surface area contributed by atoms with Crippen LogP contribution >= 0.6 is 0 Å². The number of hydrogen-bond donors (Lipinski definition) is 3. The first kappa shape index (κ1) is 22.9. The molecule has 0 saturated heterocycles. The van der Waals surface area contributed by atoms with Crippen molar-refractivity contribution in [2.75, 3.05) is 27.3 Å². The van der Waals surface area contributed by atoms with Crippen molar-refractivity contribution in [3.05, 3.63) is 58.7 Å². The maximum absolute atomic E-state index is 12.4. The third-order valence-electron chi connectivity index (χ3n) is 6.18. The molecule has 0 saturated carbocycles. The molecule has 3 N–H and O–H groups in total. The van der Waals surface area contributed by atoms with Gasteiger partial charge < -0.3 is 25.0 Å². The second kappa shape index (κ2) is 10.5. The fraction of sp³-hybridized carbons (Fsp3) is 0.480. The summed E-state index contributed by atoms with van der Waals surface area (Å²) >= 11 is 0. The van der Waals surface area contributed by atoms with Crippen molar-refractivity contribution in [2.24, 2.45) is 0 Å². The van der Waals surface area contributed by atoms with Crippen molar-refractivity contribution < 1.29 is 19.2 Å². The Morgan fingerprint density at radius 3 is 2.42 bits per heavy atom. The Morgan fingerprint density at radius 2 is 1.81 bits per heavy atom. The maximum atomic E-state index is 12.4. The molecule has 0 fully saturated rings. The number of benzene rings is 2. The largest absolute Gasteiger partial charge is 0.493 e. The van der Waals surface area contributed by atoms with Crippen LogP contribution in [-0.4, -0.2) is 39.4 Å². The number of fused-ring (bicyclic) bond motifs is 1. The summed E-state index contributed by atoms with van der Waals surface area (Å²) < 4.78 is 11.2. The predicted octanol–water partition coefficient (Wildman–Crippen LogP) is 2.79. The number of methoxy groups -OCH3 is 2. The van der Waals surface area contributed by atoms with E-state index < -0.39 is 0 Å². The normalized spacial score (nSPS) is 18.6. The number of aryl methyl sites for hydroxylation is 1. The minimum Gasteiger partial charge on any atom is -0.493 e. The Kier molecular flexibility index (Phi) is 7.80. The molecule has 6 heteroatoms. The molecule has 0 bridgehead atoms. The first-order chi connectivity index (χ1) is 15.0. The number of urea groups is 1. The molecule has 0 spiro atoms. The van der Waals surface area contributed by atoms with E-state index in [1.807, 2.05) is 6.92 Å². The number of hydrogen-bond acceptors (Lipinski definition) is 3. The lowest BCUT2D eigenvalue weighted by atomic mass is 9.86. The summed E-state index contributed by atoms with van der Waals surface area (Å²) in [5.41, 5.74) is 5.07. The van der Waals surface area contributed by atoms with E-state index in [9.17, 15) is 4.79 Å². The molecular formula is C25H36N3O3+. The predicted molar refractivity (Wildman–Crippen MR) is 123 cm³/mol. The van der Waals surface area contributed by atoms with Crippen LogP contribution in [0.3, 0.4) is 0 Å². The maximum Gasteiger partial charge on any atom is 0.315 e. The molecule has 1 heterocycles. The highest BCUT2D eigenvalue weighted by molar-refractivity contribution is 5.74. The van der Waals surface area contributed by atoms with Gasteiger partial charge in [-0.3, -0.25) is 0 Å². The van der Waals surface area contributed by atoms with Crippen molar-refractivity contribution in [1.29, 1.82) is 0 Å². The van der Waals surface area contributed by atoms with Crippen molar-refractivity contribution in [1.82, 2.24) is 10.6 Å². The van der Waals surface area contributed by atoms with Crippen LogP contribution in [0.25, 0.3) is 0 Å². The van der Waals surface area contributed by atoms with Crippen molar-refractivity contribution in [3.8, 4) is 11.5 Å². The van der Waals surface area contributed by atoms with Crippen molar-refractivity contribution in [2.45, 2.75) is 52.2 Å². The van der Waals surface area contributed by atoms with Gasteiger partial charge in [0.2, 0.25) is 0 Å². The first-order valence-corrected chi connectivity index (χ1v) is 11.2. The second-order valence-electron chi connectivity index (χ2n) is 8.22. The number of carbonyl (C=O) groups is 1. The van der Waals surface area contributed by atoms with E-state index in [4.69, 9.17) is 9.47 Å². The summed E-state index contributed by atoms with van der Waals surface area (Å²) in [6.45, 7) is 8.69. The highest BCUT2D eigenvalue weighted by Crippen LogP contribution is 2.35. The summed E-state index contributed by atoms with van der Waals surface area (Å²) in [4.78, 5) is 13.9. The third kappa shape index (κ3) is 5.31. The lowest BCUT2D eigenvalue weighted by molar-refractivity contribution is -0.948. The standard InChI is InChI=1S/C25H35N3O3/c1-6-21(27-25(29)26-7-2)24-20-15-23(31-5)22(30-4)14-19(20)12-13-28(24)16-18-10-8-17(3)9-11-18/h8-11,14-15,21,24H,6-7,12-13,16H2,1-5H3,(H2,26,27,29)/p+1/t21-,24+/m0/s1. The van der Waals surface area contributed by atoms with Crippen LogP contribution in [0.2, 0.25) is 0 Å². The van der Waals surface area contributed by atoms with Crippen LogP contribution in [0.1, 0.15) is 48.6 Å². The number of carbonyl (C=O) groups excluding carboxylic acids is 1. The first-order valence-electron chi connectivity index (χ1n) is 11.2. The van der Waals surface area contributed by atoms with Gasteiger partial charge in [-0.1, -0.05) is 36.8 Å². The van der Waals surface area contributed by atoms with E-state index >= 15 is 0 Å². The number of quaternary nitrogens is 1. The summed E-state index contributed by atoms with van der Waals surface area (Å²) in [6.07, 6.45) is 1.80. The minimum atomic E-state index is -0.114. The van der Waals surface area contributed by atoms with E-state index in [1.165, 1.54) is 27.2 Å². The lowest BCUT2D eigenvalue weighted by Gasteiger charge is -2.39. The second-order valence-corrected chi connectivity index (χ2v) is 8.22. The van der Waals surface area contributed by atoms with Gasteiger partial charge in [-0.25, -0.2) is 4.79 Å². The fourth-order valence-electron chi connectivity index (χ4n) is 4.58. The van der Waals surface area contributed by atoms with Gasteiger partial charge in [0.25, 0.3) is 0 Å². The van der Waals surface area contributed by atoms with Crippen molar-refractivity contribution in [3.63, 3.8) is 0 Å². The van der Waals surface area contributed by atoms with Crippen molar-refractivity contribution >= 4 is 6.03 Å². The smallest absolute Gasteiger partial charge is 0.315 e. The molecule has 1 aliphatic rings. The molecule has 0 aliphatic carbocycles. The average molecular weight is 427 g/mol. The Bertz CT molecular complexity index is 882. The zero-order valence-corrected chi connectivity index (χ0v) is 19.4. The molecular weight excluding hydrogens is 390 g/mol. The van der Waals surface area contributed by atoms with Crippen LogP contribution in [0.4, 0.5) is 4.79 Å². The summed E-state index contributed by atoms with van der Waals surface area (Å²) in [6, 6.07) is 13.0. The van der Waals surface area contributed by atoms with E-state index in [-0.39, 0.29) is 18.1 Å². The molecule has 2 amide bonds. The van der Waals surface area contributed by atoms with Gasteiger partial charge >= 0.3 is 6.03 Å². The fourth-order valence-corrected chi connectivity index (χ4v) is 4.58. The lowest BCUT2D eigenvalue weighted by Crippen LogP contribution is -3.13. The number of ether oxygens (including phenoxy) is 2. The molecule has 3 rings (SSSR count). The van der Waals surface area contributed by atoms with Gasteiger partial charge in [-0.05, 0) is 38.0 Å². The SMILES string of the molecule is CCNC(=O)N[C@@H](CC)[C@H]1c2cc(OC)c(OC)cc2CC[NH+]1Cc1ccc(C)cc1. The number of amides is 2. The van der Waals surface area contributed by atoms with Gasteiger partial charge in [-0.15, -0.1) is 0 Å². The quantitative estimate of drug-likeness (QED) is 0.608. The van der Waals surface area contributed by atoms with Gasteiger partial charge in [0, 0.05) is 24.1 Å². The summed E-state index contributed by atoms with van der Waals surface area (Å²) in [5.74, 6) is 1.49. The van der Waals surface area contributed by atoms with Crippen LogP contribution in [0.15, 0.2) is 36.4 Å². The van der Waals surface area contributed by atoms with Gasteiger partial charge in [0.05, 0.1) is 26.8 Å². The molecule has 31 heavy (non-hydrogen) atoms. The van der Waals surface area contributed by atoms with Gasteiger partial charge in [-0.2, -0.15) is 0 Å². The number of rotatable bonds is 8. The minimum absolute atomic E-state index is 0.00384. The molecule has 2 aromatic rings. The van der Waals surface area contributed by atoms with Crippen LogP contribution < -0.4 is 25.0 Å². The number of nitrogens with one attached hydrogen (secondary N) is 3. The Hall–Kier alpha value is -2.73. The zero-order chi connectivity index (χ0) is 22.4. The van der Waals surface area contributed by atoms with Crippen LogP contribution in [-0.2, 0) is 13.0 Å². The highest BCUT2D eigenvalue weighted by atomic mass is 16.5. The van der Waals surface area contributed by atoms with Crippen LogP contribution in [0.5, 0.6) is 11.5 Å². The zero-order valence-electron chi connectivity index (χ0n) is 19.4. The van der Waals surface area contributed by atoms with E-state index in [2.05, 4.69) is 60.9 Å². The molecule has 2 aromatic carbocycles. The van der Waals surface area contributed by atoms with E-state index in [1.54, 1.807) is 14.2 Å². The summed E-state index contributed by atoms with van der Waals surface area (Å²) in [5, 5.41) is 6.11. The molecule has 6 nitrogen and oxygen atoms in total. The molecule has 1 unspecified atom stereocenters. The Morgan fingerprint density at radius 1 is 1.13 bits per heavy atom. The van der Waals surface area contributed by atoms with E-state index in [0.717, 1.165) is 37.4 Å². The molecule has 168 valence electrons. The molecule has 3 atom stereocenters. The monoisotopic (exact) mass is 426 g/mol. The van der Waals surface area contributed by atoms with Crippen LogP contribution in [0, 0.1) is 6.92 Å². The molecule has 1 aliphatic heterocycles. The van der Waals surface area contributed by atoms with Gasteiger partial charge in [0.1, 0.15) is 12.6 Å². The Balaban J connectivity index is 2.00. The summed E-state index contributed by atoms with van der Waals surface area (Å²) in [7, 11) is 3.34. The van der Waals surface area contributed by atoms with Gasteiger partial charge in [0.15, 0.2) is 11.5 Å². The third-order valence-corrected chi connectivity index (χ3v) is 6.18. The highest BCUT2D eigenvalue weighted by Gasteiger charge is 2.38. The Labute approximate surface area is 185 Å². The topological polar surface area (TPSA) is 64.0 Å².